The second-order valence-electron chi connectivity index (χ2n) is 4.78. The molecule has 0 amide bonds. The smallest absolute Gasteiger partial charge is 0.165 e. The molecule has 0 aromatic heterocycles. The molecule has 0 radical (unpaired) electrons. The van der Waals surface area contributed by atoms with Crippen molar-refractivity contribution in [3.05, 3.63) is 29.6 Å². The molecule has 1 aromatic carbocycles. The van der Waals surface area contributed by atoms with Crippen LogP contribution in [-0.2, 0) is 6.42 Å². The zero-order valence-corrected chi connectivity index (χ0v) is 10.2. The van der Waals surface area contributed by atoms with Gasteiger partial charge < -0.3 is 9.84 Å². The zero-order chi connectivity index (χ0) is 12.3. The van der Waals surface area contributed by atoms with Crippen LogP contribution in [0.2, 0.25) is 0 Å². The van der Waals surface area contributed by atoms with Gasteiger partial charge in [-0.1, -0.05) is 18.9 Å². The molecule has 1 aliphatic rings. The van der Waals surface area contributed by atoms with Crippen molar-refractivity contribution >= 4 is 0 Å². The standard InChI is InChI=1S/C14H19FO2/c1-17-14-7-6-10(8-12(14)15)9-13(16)11-4-2-3-5-11/h6-8,11,13,16H,2-5,9H2,1H3. The van der Waals surface area contributed by atoms with Gasteiger partial charge in [0, 0.05) is 0 Å². The quantitative estimate of drug-likeness (QED) is 0.874. The van der Waals surface area contributed by atoms with Crippen molar-refractivity contribution in [1.29, 1.82) is 0 Å². The minimum atomic E-state index is -0.358. The monoisotopic (exact) mass is 238 g/mol. The van der Waals surface area contributed by atoms with E-state index in [4.69, 9.17) is 4.74 Å². The highest BCUT2D eigenvalue weighted by molar-refractivity contribution is 5.29. The number of hydrogen-bond donors (Lipinski definition) is 1. The van der Waals surface area contributed by atoms with Crippen LogP contribution in [0.25, 0.3) is 0 Å². The Hall–Kier alpha value is -1.09. The molecule has 1 atom stereocenters. The average Bonchev–Trinajstić information content (AvgIpc) is 2.82. The SMILES string of the molecule is COc1ccc(CC(O)C2CCCC2)cc1F. The highest BCUT2D eigenvalue weighted by Crippen LogP contribution is 2.29. The second kappa shape index (κ2) is 5.50. The Bertz CT molecular complexity index is 372. The Kier molecular flexibility index (Phi) is 4.00. The number of hydrogen-bond acceptors (Lipinski definition) is 2. The van der Waals surface area contributed by atoms with Gasteiger partial charge >= 0.3 is 0 Å². The van der Waals surface area contributed by atoms with Gasteiger partial charge in [0.25, 0.3) is 0 Å². The third-order valence-electron chi connectivity index (χ3n) is 3.61. The van der Waals surface area contributed by atoms with Gasteiger partial charge in [-0.25, -0.2) is 4.39 Å². The lowest BCUT2D eigenvalue weighted by Crippen LogP contribution is -2.20. The van der Waals surface area contributed by atoms with Crippen molar-refractivity contribution in [2.45, 2.75) is 38.2 Å². The Balaban J connectivity index is 2.00. The van der Waals surface area contributed by atoms with Crippen LogP contribution in [0.4, 0.5) is 4.39 Å². The fourth-order valence-corrected chi connectivity index (χ4v) is 2.59. The van der Waals surface area contributed by atoms with E-state index in [1.54, 1.807) is 6.07 Å². The lowest BCUT2D eigenvalue weighted by Gasteiger charge is -2.17. The van der Waals surface area contributed by atoms with E-state index in [9.17, 15) is 9.50 Å². The van der Waals surface area contributed by atoms with Crippen molar-refractivity contribution in [1.82, 2.24) is 0 Å². The maximum atomic E-state index is 13.5. The Labute approximate surface area is 101 Å². The van der Waals surface area contributed by atoms with Crippen LogP contribution < -0.4 is 4.74 Å². The number of aliphatic hydroxyl groups is 1. The molecular weight excluding hydrogens is 219 g/mol. The molecule has 0 spiro atoms. The molecule has 1 unspecified atom stereocenters. The molecule has 2 rings (SSSR count). The molecule has 0 saturated heterocycles. The topological polar surface area (TPSA) is 29.5 Å². The first kappa shape index (κ1) is 12.4. The number of methoxy groups -OCH3 is 1. The van der Waals surface area contributed by atoms with Crippen molar-refractivity contribution in [3.63, 3.8) is 0 Å². The normalized spacial score (nSPS) is 18.3. The van der Waals surface area contributed by atoms with Gasteiger partial charge in [0.2, 0.25) is 0 Å². The molecular formula is C14H19FO2. The lowest BCUT2D eigenvalue weighted by atomic mass is 9.95. The first-order valence-corrected chi connectivity index (χ1v) is 6.21. The summed E-state index contributed by atoms with van der Waals surface area (Å²) in [4.78, 5) is 0. The van der Waals surface area contributed by atoms with E-state index in [1.165, 1.54) is 26.0 Å². The molecule has 3 heteroatoms. The van der Waals surface area contributed by atoms with Crippen molar-refractivity contribution in [2.24, 2.45) is 5.92 Å². The van der Waals surface area contributed by atoms with Crippen LogP contribution >= 0.6 is 0 Å². The van der Waals surface area contributed by atoms with E-state index >= 15 is 0 Å². The fourth-order valence-electron chi connectivity index (χ4n) is 2.59. The molecule has 1 aliphatic carbocycles. The molecule has 1 aromatic rings. The molecule has 0 heterocycles. The highest BCUT2D eigenvalue weighted by atomic mass is 19.1. The first-order valence-electron chi connectivity index (χ1n) is 6.21. The summed E-state index contributed by atoms with van der Waals surface area (Å²) in [5, 5.41) is 10.1. The Morgan fingerprint density at radius 3 is 2.71 bits per heavy atom. The van der Waals surface area contributed by atoms with E-state index in [1.807, 2.05) is 6.07 Å². The number of rotatable bonds is 4. The minimum Gasteiger partial charge on any atom is -0.494 e. The molecule has 1 saturated carbocycles. The van der Waals surface area contributed by atoms with Crippen LogP contribution in [0, 0.1) is 11.7 Å². The molecule has 1 fully saturated rings. The van der Waals surface area contributed by atoms with Gasteiger partial charge in [-0.15, -0.1) is 0 Å². The van der Waals surface area contributed by atoms with Gasteiger partial charge in [-0.05, 0) is 42.9 Å². The zero-order valence-electron chi connectivity index (χ0n) is 10.2. The molecule has 94 valence electrons. The summed E-state index contributed by atoms with van der Waals surface area (Å²) in [6.07, 6.45) is 4.80. The number of ether oxygens (including phenoxy) is 1. The molecule has 2 nitrogen and oxygen atoms in total. The summed E-state index contributed by atoms with van der Waals surface area (Å²) in [5.74, 6) is 0.285. The van der Waals surface area contributed by atoms with E-state index in [-0.39, 0.29) is 17.7 Å². The highest BCUT2D eigenvalue weighted by Gasteiger charge is 2.23. The van der Waals surface area contributed by atoms with Crippen molar-refractivity contribution < 1.29 is 14.2 Å². The van der Waals surface area contributed by atoms with Gasteiger partial charge in [0.15, 0.2) is 11.6 Å². The van der Waals surface area contributed by atoms with E-state index in [0.717, 1.165) is 18.4 Å². The third-order valence-corrected chi connectivity index (χ3v) is 3.61. The average molecular weight is 238 g/mol. The first-order chi connectivity index (χ1) is 8.20. The molecule has 0 bridgehead atoms. The molecule has 17 heavy (non-hydrogen) atoms. The van der Waals surface area contributed by atoms with Gasteiger partial charge in [-0.3, -0.25) is 0 Å². The summed E-state index contributed by atoms with van der Waals surface area (Å²) >= 11 is 0. The second-order valence-corrected chi connectivity index (χ2v) is 4.78. The summed E-state index contributed by atoms with van der Waals surface area (Å²) in [6.45, 7) is 0. The van der Waals surface area contributed by atoms with Gasteiger partial charge in [-0.2, -0.15) is 0 Å². The predicted octanol–water partition coefficient (Wildman–Crippen LogP) is 2.93. The largest absolute Gasteiger partial charge is 0.494 e. The van der Waals surface area contributed by atoms with Crippen LogP contribution in [0.1, 0.15) is 31.2 Å². The lowest BCUT2D eigenvalue weighted by molar-refractivity contribution is 0.111. The number of aliphatic hydroxyl groups excluding tert-OH is 1. The third kappa shape index (κ3) is 2.97. The predicted molar refractivity (Wildman–Crippen MR) is 64.6 cm³/mol. The molecule has 1 N–H and O–H groups in total. The van der Waals surface area contributed by atoms with Gasteiger partial charge in [0.05, 0.1) is 13.2 Å². The summed E-state index contributed by atoms with van der Waals surface area (Å²) in [5.41, 5.74) is 0.836. The van der Waals surface area contributed by atoms with Crippen LogP contribution in [0.5, 0.6) is 5.75 Å². The maximum Gasteiger partial charge on any atom is 0.165 e. The Morgan fingerprint density at radius 1 is 1.41 bits per heavy atom. The van der Waals surface area contributed by atoms with E-state index in [2.05, 4.69) is 0 Å². The van der Waals surface area contributed by atoms with E-state index < -0.39 is 0 Å². The maximum absolute atomic E-state index is 13.5. The minimum absolute atomic E-state index is 0.254. The molecule has 0 aliphatic heterocycles. The number of halogens is 1. The van der Waals surface area contributed by atoms with Crippen LogP contribution in [0.3, 0.4) is 0 Å². The van der Waals surface area contributed by atoms with Crippen molar-refractivity contribution in [3.8, 4) is 5.75 Å². The van der Waals surface area contributed by atoms with Crippen molar-refractivity contribution in [2.75, 3.05) is 7.11 Å². The van der Waals surface area contributed by atoms with E-state index in [0.29, 0.717) is 12.3 Å². The van der Waals surface area contributed by atoms with Gasteiger partial charge in [0.1, 0.15) is 0 Å². The Morgan fingerprint density at radius 2 is 2.12 bits per heavy atom. The summed E-state index contributed by atoms with van der Waals surface area (Å²) < 4.78 is 18.3. The fraction of sp³-hybridized carbons (Fsp3) is 0.571. The van der Waals surface area contributed by atoms with Crippen LogP contribution in [0.15, 0.2) is 18.2 Å². The number of benzene rings is 1. The van der Waals surface area contributed by atoms with Crippen LogP contribution in [-0.4, -0.2) is 18.3 Å². The summed E-state index contributed by atoms with van der Waals surface area (Å²) in [7, 11) is 1.45. The summed E-state index contributed by atoms with van der Waals surface area (Å²) in [6, 6.07) is 4.89.